The summed E-state index contributed by atoms with van der Waals surface area (Å²) in [6.07, 6.45) is 1.07. The first-order valence-corrected chi connectivity index (χ1v) is 7.96. The molecule has 1 aromatic rings. The number of hydrogen-bond donors (Lipinski definition) is 0. The molecule has 2 aliphatic heterocycles. The number of carbonyl (C=O) groups is 1. The number of fused-ring (bicyclic) bond motifs is 1. The van der Waals surface area contributed by atoms with Crippen molar-refractivity contribution < 1.29 is 14.4 Å². The Morgan fingerprint density at radius 1 is 1.18 bits per heavy atom. The van der Waals surface area contributed by atoms with Gasteiger partial charge in [0.25, 0.3) is 0 Å². The van der Waals surface area contributed by atoms with Crippen molar-refractivity contribution in [1.82, 2.24) is 5.06 Å². The molecule has 1 aromatic carbocycles. The molecule has 0 bridgehead atoms. The Balaban J connectivity index is 1.72. The summed E-state index contributed by atoms with van der Waals surface area (Å²) in [5, 5.41) is 2.03. The Bertz CT molecular complexity index is 559. The van der Waals surface area contributed by atoms with Crippen molar-refractivity contribution in [3.8, 4) is 5.75 Å². The zero-order valence-electron chi connectivity index (χ0n) is 13.9. The van der Waals surface area contributed by atoms with Gasteiger partial charge in [-0.1, -0.05) is 18.2 Å². The van der Waals surface area contributed by atoms with E-state index in [-0.39, 0.29) is 17.0 Å². The molecule has 120 valence electrons. The first-order valence-electron chi connectivity index (χ1n) is 7.96. The Kier molecular flexibility index (Phi) is 3.77. The topological polar surface area (TPSA) is 38.8 Å². The lowest BCUT2D eigenvalue weighted by atomic mass is 9.81. The summed E-state index contributed by atoms with van der Waals surface area (Å²) in [4.78, 5) is 18.2. The maximum absolute atomic E-state index is 12.0. The highest BCUT2D eigenvalue weighted by molar-refractivity contribution is 5.81. The van der Waals surface area contributed by atoms with Crippen LogP contribution in [0.15, 0.2) is 24.3 Å². The van der Waals surface area contributed by atoms with E-state index in [0.29, 0.717) is 31.8 Å². The third kappa shape index (κ3) is 2.77. The minimum atomic E-state index is -0.280. The summed E-state index contributed by atoms with van der Waals surface area (Å²) in [6.45, 7) is 9.54. The Morgan fingerprint density at radius 3 is 2.50 bits per heavy atom. The fraction of sp³-hybridized carbons (Fsp3) is 0.611. The van der Waals surface area contributed by atoms with Gasteiger partial charge in [0.05, 0.1) is 13.2 Å². The highest BCUT2D eigenvalue weighted by Gasteiger charge is 2.46. The van der Waals surface area contributed by atoms with Crippen molar-refractivity contribution in [2.45, 2.75) is 57.5 Å². The van der Waals surface area contributed by atoms with Gasteiger partial charge in [0.1, 0.15) is 11.5 Å². The van der Waals surface area contributed by atoms with Gasteiger partial charge in [-0.25, -0.2) is 0 Å². The van der Waals surface area contributed by atoms with Crippen LogP contribution in [0.1, 0.15) is 52.0 Å². The lowest BCUT2D eigenvalue weighted by Gasteiger charge is -2.50. The third-order valence-electron chi connectivity index (χ3n) is 4.56. The highest BCUT2D eigenvalue weighted by Crippen LogP contribution is 2.39. The largest absolute Gasteiger partial charge is 0.493 e. The van der Waals surface area contributed by atoms with Crippen LogP contribution in [0.5, 0.6) is 5.75 Å². The van der Waals surface area contributed by atoms with Crippen LogP contribution < -0.4 is 4.74 Å². The van der Waals surface area contributed by atoms with Gasteiger partial charge in [-0.05, 0) is 33.8 Å². The van der Waals surface area contributed by atoms with Crippen LogP contribution in [0.2, 0.25) is 0 Å². The van der Waals surface area contributed by atoms with Gasteiger partial charge in [-0.15, -0.1) is 0 Å². The quantitative estimate of drug-likeness (QED) is 0.858. The first-order chi connectivity index (χ1) is 10.3. The predicted molar refractivity (Wildman–Crippen MR) is 84.9 cm³/mol. The lowest BCUT2D eigenvalue weighted by molar-refractivity contribution is -0.277. The minimum absolute atomic E-state index is 0.250. The number of ether oxygens (including phenoxy) is 1. The molecule has 0 saturated carbocycles. The molecule has 1 fully saturated rings. The number of hydrogen-bond acceptors (Lipinski definition) is 4. The average Bonchev–Trinajstić information content (AvgIpc) is 2.79. The van der Waals surface area contributed by atoms with Crippen molar-refractivity contribution in [3.63, 3.8) is 0 Å². The van der Waals surface area contributed by atoms with Crippen LogP contribution in [-0.2, 0) is 9.63 Å². The standard InChI is InChI=1S/C18H25NO3/c1-17(2)9-14(20)10-18(3,4)19(17)22-12-13-11-21-16-8-6-5-7-15(13)16/h5-8,13H,9-12H2,1-4H3. The number of piperidine rings is 1. The van der Waals surface area contributed by atoms with Crippen LogP contribution in [0, 0.1) is 0 Å². The SMILES string of the molecule is CC1(C)CC(=O)CC(C)(C)N1OCC1COc2ccccc21. The second kappa shape index (κ2) is 5.36. The van der Waals surface area contributed by atoms with E-state index in [1.165, 1.54) is 5.56 Å². The van der Waals surface area contributed by atoms with Crippen molar-refractivity contribution in [3.05, 3.63) is 29.8 Å². The Labute approximate surface area is 132 Å². The van der Waals surface area contributed by atoms with E-state index in [9.17, 15) is 4.79 Å². The fourth-order valence-corrected chi connectivity index (χ4v) is 3.87. The molecule has 3 rings (SSSR count). The van der Waals surface area contributed by atoms with Gasteiger partial charge < -0.3 is 4.74 Å². The molecule has 1 atom stereocenters. The summed E-state index contributed by atoms with van der Waals surface area (Å²) >= 11 is 0. The number of rotatable bonds is 3. The van der Waals surface area contributed by atoms with Gasteiger partial charge in [-0.2, -0.15) is 5.06 Å². The van der Waals surface area contributed by atoms with Gasteiger partial charge in [0, 0.05) is 35.4 Å². The number of benzene rings is 1. The predicted octanol–water partition coefficient (Wildman–Crippen LogP) is 3.32. The lowest BCUT2D eigenvalue weighted by Crippen LogP contribution is -2.60. The van der Waals surface area contributed by atoms with Crippen molar-refractivity contribution >= 4 is 5.78 Å². The third-order valence-corrected chi connectivity index (χ3v) is 4.56. The summed E-state index contributed by atoms with van der Waals surface area (Å²) in [5.74, 6) is 1.52. The molecular formula is C18H25NO3. The van der Waals surface area contributed by atoms with Gasteiger partial charge >= 0.3 is 0 Å². The summed E-state index contributed by atoms with van der Waals surface area (Å²) in [7, 11) is 0. The molecule has 22 heavy (non-hydrogen) atoms. The summed E-state index contributed by atoms with van der Waals surface area (Å²) < 4.78 is 5.72. The van der Waals surface area contributed by atoms with Gasteiger partial charge in [0.15, 0.2) is 0 Å². The van der Waals surface area contributed by atoms with Gasteiger partial charge in [-0.3, -0.25) is 9.63 Å². The maximum Gasteiger partial charge on any atom is 0.136 e. The second-order valence-corrected chi connectivity index (χ2v) is 7.65. The van der Waals surface area contributed by atoms with Crippen LogP contribution in [0.3, 0.4) is 0 Å². The molecular weight excluding hydrogens is 278 g/mol. The fourth-order valence-electron chi connectivity index (χ4n) is 3.87. The molecule has 1 unspecified atom stereocenters. The van der Waals surface area contributed by atoms with E-state index in [1.807, 2.05) is 23.3 Å². The molecule has 4 heteroatoms. The molecule has 0 aromatic heterocycles. The smallest absolute Gasteiger partial charge is 0.136 e. The molecule has 0 radical (unpaired) electrons. The molecule has 2 aliphatic rings. The Hall–Kier alpha value is -1.39. The van der Waals surface area contributed by atoms with E-state index in [1.54, 1.807) is 0 Å². The monoisotopic (exact) mass is 303 g/mol. The zero-order valence-corrected chi connectivity index (χ0v) is 13.9. The van der Waals surface area contributed by atoms with E-state index in [2.05, 4.69) is 33.8 Å². The molecule has 1 saturated heterocycles. The van der Waals surface area contributed by atoms with Crippen molar-refractivity contribution in [2.24, 2.45) is 0 Å². The highest BCUT2D eigenvalue weighted by atomic mass is 16.7. The van der Waals surface area contributed by atoms with Crippen LogP contribution in [0.4, 0.5) is 0 Å². The number of ketones is 1. The number of Topliss-reactive ketones (excluding diaryl/α,β-unsaturated/α-hetero) is 1. The molecule has 0 N–H and O–H groups in total. The number of para-hydroxylation sites is 1. The molecule has 4 nitrogen and oxygen atoms in total. The van der Waals surface area contributed by atoms with E-state index >= 15 is 0 Å². The molecule has 0 aliphatic carbocycles. The second-order valence-electron chi connectivity index (χ2n) is 7.65. The van der Waals surface area contributed by atoms with E-state index in [4.69, 9.17) is 9.57 Å². The summed E-state index contributed by atoms with van der Waals surface area (Å²) in [5.41, 5.74) is 0.654. The summed E-state index contributed by atoms with van der Waals surface area (Å²) in [6, 6.07) is 8.13. The Morgan fingerprint density at radius 2 is 1.82 bits per heavy atom. The number of hydroxylamine groups is 2. The van der Waals surface area contributed by atoms with Crippen LogP contribution in [-0.4, -0.2) is 35.1 Å². The van der Waals surface area contributed by atoms with E-state index < -0.39 is 0 Å². The molecule has 0 spiro atoms. The van der Waals surface area contributed by atoms with Crippen LogP contribution >= 0.6 is 0 Å². The van der Waals surface area contributed by atoms with Crippen molar-refractivity contribution in [1.29, 1.82) is 0 Å². The zero-order chi connectivity index (χ0) is 16.0. The van der Waals surface area contributed by atoms with E-state index in [0.717, 1.165) is 5.75 Å². The number of carbonyl (C=O) groups excluding carboxylic acids is 1. The maximum atomic E-state index is 12.0. The van der Waals surface area contributed by atoms with Crippen LogP contribution in [0.25, 0.3) is 0 Å². The molecule has 2 heterocycles. The van der Waals surface area contributed by atoms with Gasteiger partial charge in [0.2, 0.25) is 0 Å². The normalized spacial score (nSPS) is 26.5. The minimum Gasteiger partial charge on any atom is -0.493 e. The van der Waals surface area contributed by atoms with Crippen molar-refractivity contribution in [2.75, 3.05) is 13.2 Å². The first kappa shape index (κ1) is 15.5. The average molecular weight is 303 g/mol. The molecule has 0 amide bonds. The number of nitrogens with zero attached hydrogens (tertiary/aromatic N) is 1.